The van der Waals surface area contributed by atoms with Crippen molar-refractivity contribution in [3.8, 4) is 0 Å². The summed E-state index contributed by atoms with van der Waals surface area (Å²) in [4.78, 5) is 15.8. The number of aromatic nitrogens is 1. The number of hydrogen-bond acceptors (Lipinski definition) is 2. The number of hydrogen-bond donors (Lipinski definition) is 1. The van der Waals surface area contributed by atoms with Crippen molar-refractivity contribution in [1.82, 2.24) is 10.3 Å². The van der Waals surface area contributed by atoms with Crippen LogP contribution in [0.25, 0.3) is 0 Å². The zero-order valence-electron chi connectivity index (χ0n) is 10.2. The van der Waals surface area contributed by atoms with E-state index in [1.165, 1.54) is 12.3 Å². The first kappa shape index (κ1) is 13.5. The van der Waals surface area contributed by atoms with Gasteiger partial charge >= 0.3 is 0 Å². The van der Waals surface area contributed by atoms with Gasteiger partial charge < -0.3 is 5.32 Å². The first-order valence-corrected chi connectivity index (χ1v) is 6.13. The number of rotatable bonds is 3. The quantitative estimate of drug-likeness (QED) is 0.875. The zero-order valence-corrected chi connectivity index (χ0v) is 11.0. The van der Waals surface area contributed by atoms with Crippen molar-refractivity contribution < 1.29 is 9.18 Å². The summed E-state index contributed by atoms with van der Waals surface area (Å²) < 4.78 is 13.6. The molecule has 3 nitrogen and oxygen atoms in total. The van der Waals surface area contributed by atoms with Gasteiger partial charge in [0.25, 0.3) is 5.91 Å². The van der Waals surface area contributed by atoms with Crippen molar-refractivity contribution in [1.29, 1.82) is 0 Å². The van der Waals surface area contributed by atoms with E-state index in [9.17, 15) is 9.18 Å². The minimum Gasteiger partial charge on any atom is -0.345 e. The first-order chi connectivity index (χ1) is 9.09. The molecule has 0 bridgehead atoms. The van der Waals surface area contributed by atoms with Gasteiger partial charge in [-0.2, -0.15) is 0 Å². The summed E-state index contributed by atoms with van der Waals surface area (Å²) in [6, 6.07) is 9.04. The largest absolute Gasteiger partial charge is 0.345 e. The molecule has 1 heterocycles. The molecule has 0 aliphatic carbocycles. The third-order valence-electron chi connectivity index (χ3n) is 2.72. The summed E-state index contributed by atoms with van der Waals surface area (Å²) >= 11 is 5.83. The zero-order chi connectivity index (χ0) is 13.8. The average Bonchev–Trinajstić information content (AvgIpc) is 2.39. The van der Waals surface area contributed by atoms with Crippen molar-refractivity contribution in [3.05, 3.63) is 64.7 Å². The second kappa shape index (κ2) is 5.80. The Morgan fingerprint density at radius 2 is 2.05 bits per heavy atom. The highest BCUT2D eigenvalue weighted by molar-refractivity contribution is 6.32. The number of carbonyl (C=O) groups excluding carboxylic acids is 1. The Morgan fingerprint density at radius 1 is 1.32 bits per heavy atom. The number of pyridine rings is 1. The highest BCUT2D eigenvalue weighted by Crippen LogP contribution is 2.18. The Labute approximate surface area is 115 Å². The molecule has 0 unspecified atom stereocenters. The molecular formula is C14H12ClFN2O. The van der Waals surface area contributed by atoms with E-state index >= 15 is 0 Å². The molecule has 0 fully saturated rings. The Kier molecular flexibility index (Phi) is 4.12. The molecule has 1 aromatic heterocycles. The smallest absolute Gasteiger partial charge is 0.254 e. The summed E-state index contributed by atoms with van der Waals surface area (Å²) in [5, 5.41) is 2.82. The molecule has 1 amide bonds. The summed E-state index contributed by atoms with van der Waals surface area (Å²) in [6.07, 6.45) is 1.50. The lowest BCUT2D eigenvalue weighted by Gasteiger charge is -2.15. The maximum Gasteiger partial charge on any atom is 0.254 e. The molecular weight excluding hydrogens is 267 g/mol. The molecule has 2 aromatic rings. The SMILES string of the molecule is C[C@@H](NC(=O)c1cccnc1Cl)c1ccccc1F. The molecule has 0 saturated heterocycles. The van der Waals surface area contributed by atoms with Crippen molar-refractivity contribution in [2.75, 3.05) is 0 Å². The molecule has 19 heavy (non-hydrogen) atoms. The van der Waals surface area contributed by atoms with Crippen LogP contribution in [0.4, 0.5) is 4.39 Å². The van der Waals surface area contributed by atoms with Gasteiger partial charge in [0, 0.05) is 11.8 Å². The Morgan fingerprint density at radius 3 is 2.74 bits per heavy atom. The highest BCUT2D eigenvalue weighted by atomic mass is 35.5. The van der Waals surface area contributed by atoms with Crippen LogP contribution < -0.4 is 5.32 Å². The molecule has 5 heteroatoms. The highest BCUT2D eigenvalue weighted by Gasteiger charge is 2.16. The minimum atomic E-state index is -0.454. The number of nitrogens with one attached hydrogen (secondary N) is 1. The molecule has 0 aliphatic heterocycles. The van der Waals surface area contributed by atoms with Gasteiger partial charge in [-0.15, -0.1) is 0 Å². The third kappa shape index (κ3) is 3.09. The number of carbonyl (C=O) groups is 1. The topological polar surface area (TPSA) is 42.0 Å². The van der Waals surface area contributed by atoms with E-state index < -0.39 is 6.04 Å². The lowest BCUT2D eigenvalue weighted by Crippen LogP contribution is -2.27. The van der Waals surface area contributed by atoms with Gasteiger partial charge in [0.05, 0.1) is 11.6 Å². The lowest BCUT2D eigenvalue weighted by atomic mass is 10.1. The number of nitrogens with zero attached hydrogens (tertiary/aromatic N) is 1. The summed E-state index contributed by atoms with van der Waals surface area (Å²) in [5.41, 5.74) is 0.697. The molecule has 98 valence electrons. The van der Waals surface area contributed by atoms with E-state index in [1.54, 1.807) is 37.3 Å². The Bertz CT molecular complexity index is 604. The van der Waals surface area contributed by atoms with Gasteiger partial charge in [0.1, 0.15) is 11.0 Å². The van der Waals surface area contributed by atoms with Crippen LogP contribution in [0.3, 0.4) is 0 Å². The Hall–Kier alpha value is -1.94. The standard InChI is InChI=1S/C14H12ClFN2O/c1-9(10-5-2-3-7-12(10)16)18-14(19)11-6-4-8-17-13(11)15/h2-9H,1H3,(H,18,19)/t9-/m1/s1. The van der Waals surface area contributed by atoms with Crippen molar-refractivity contribution in [2.24, 2.45) is 0 Å². The van der Waals surface area contributed by atoms with Crippen molar-refractivity contribution in [2.45, 2.75) is 13.0 Å². The van der Waals surface area contributed by atoms with Gasteiger partial charge in [-0.05, 0) is 25.1 Å². The van der Waals surface area contributed by atoms with Crippen LogP contribution in [-0.4, -0.2) is 10.9 Å². The monoisotopic (exact) mass is 278 g/mol. The second-order valence-corrected chi connectivity index (χ2v) is 4.42. The normalized spacial score (nSPS) is 11.9. The van der Waals surface area contributed by atoms with Crippen LogP contribution in [0.1, 0.15) is 28.9 Å². The van der Waals surface area contributed by atoms with Crippen molar-refractivity contribution in [3.63, 3.8) is 0 Å². The fraction of sp³-hybridized carbons (Fsp3) is 0.143. The molecule has 0 radical (unpaired) electrons. The third-order valence-corrected chi connectivity index (χ3v) is 3.02. The summed E-state index contributed by atoms with van der Waals surface area (Å²) in [7, 11) is 0. The molecule has 0 saturated carbocycles. The van der Waals surface area contributed by atoms with Crippen molar-refractivity contribution >= 4 is 17.5 Å². The van der Waals surface area contributed by atoms with Crippen LogP contribution in [0.5, 0.6) is 0 Å². The Balaban J connectivity index is 2.16. The van der Waals surface area contributed by atoms with Gasteiger partial charge in [0.2, 0.25) is 0 Å². The molecule has 1 atom stereocenters. The van der Waals surface area contributed by atoms with E-state index in [-0.39, 0.29) is 22.4 Å². The van der Waals surface area contributed by atoms with Gasteiger partial charge in [0.15, 0.2) is 0 Å². The maximum atomic E-state index is 13.6. The second-order valence-electron chi connectivity index (χ2n) is 4.06. The summed E-state index contributed by atoms with van der Waals surface area (Å²) in [5.74, 6) is -0.735. The number of halogens is 2. The van der Waals surface area contributed by atoms with Crippen LogP contribution in [0.15, 0.2) is 42.6 Å². The average molecular weight is 279 g/mol. The van der Waals surface area contributed by atoms with E-state index in [0.717, 1.165) is 0 Å². The minimum absolute atomic E-state index is 0.126. The molecule has 0 aliphatic rings. The van der Waals surface area contributed by atoms with E-state index in [1.807, 2.05) is 0 Å². The van der Waals surface area contributed by atoms with E-state index in [0.29, 0.717) is 5.56 Å². The van der Waals surface area contributed by atoms with Crippen LogP contribution in [0, 0.1) is 5.82 Å². The van der Waals surface area contributed by atoms with E-state index in [4.69, 9.17) is 11.6 Å². The number of benzene rings is 1. The first-order valence-electron chi connectivity index (χ1n) is 5.75. The molecule has 0 spiro atoms. The fourth-order valence-electron chi connectivity index (χ4n) is 1.73. The van der Waals surface area contributed by atoms with Gasteiger partial charge in [-0.3, -0.25) is 4.79 Å². The molecule has 1 aromatic carbocycles. The maximum absolute atomic E-state index is 13.6. The van der Waals surface area contributed by atoms with Crippen LogP contribution in [0.2, 0.25) is 5.15 Å². The van der Waals surface area contributed by atoms with Crippen LogP contribution >= 0.6 is 11.6 Å². The summed E-state index contributed by atoms with van der Waals surface area (Å²) in [6.45, 7) is 1.71. The number of amides is 1. The fourth-order valence-corrected chi connectivity index (χ4v) is 1.94. The van der Waals surface area contributed by atoms with E-state index in [2.05, 4.69) is 10.3 Å². The predicted molar refractivity (Wildman–Crippen MR) is 71.5 cm³/mol. The van der Waals surface area contributed by atoms with Crippen LogP contribution in [-0.2, 0) is 0 Å². The lowest BCUT2D eigenvalue weighted by molar-refractivity contribution is 0.0939. The van der Waals surface area contributed by atoms with Gasteiger partial charge in [-0.25, -0.2) is 9.37 Å². The van der Waals surface area contributed by atoms with Gasteiger partial charge in [-0.1, -0.05) is 29.8 Å². The predicted octanol–water partition coefficient (Wildman–Crippen LogP) is 3.37. The molecule has 1 N–H and O–H groups in total. The molecule has 2 rings (SSSR count).